The molecule has 0 amide bonds. The number of aromatic nitrogens is 2. The smallest absolute Gasteiger partial charge is 0.348 e. The van der Waals surface area contributed by atoms with Crippen LogP contribution in [0.5, 0.6) is 5.75 Å². The van der Waals surface area contributed by atoms with Gasteiger partial charge in [-0.05, 0) is 54.9 Å². The zero-order valence-electron chi connectivity index (χ0n) is 19.7. The average molecular weight is 436 g/mol. The summed E-state index contributed by atoms with van der Waals surface area (Å²) in [7, 11) is 2.02. The van der Waals surface area contributed by atoms with E-state index in [9.17, 15) is 4.79 Å². The lowest BCUT2D eigenvalue weighted by atomic mass is 9.75. The van der Waals surface area contributed by atoms with Crippen molar-refractivity contribution in [2.24, 2.45) is 24.8 Å². The van der Waals surface area contributed by atoms with E-state index in [0.717, 1.165) is 35.4 Å². The lowest BCUT2D eigenvalue weighted by Gasteiger charge is -2.36. The van der Waals surface area contributed by atoms with Gasteiger partial charge >= 0.3 is 5.97 Å². The van der Waals surface area contributed by atoms with E-state index in [1.165, 1.54) is 6.42 Å². The molecule has 1 aliphatic carbocycles. The monoisotopic (exact) mass is 435 g/mol. The molecule has 2 aromatic carbocycles. The summed E-state index contributed by atoms with van der Waals surface area (Å²) in [5.41, 5.74) is 2.08. The average Bonchev–Trinajstić information content (AvgIpc) is 3.04. The van der Waals surface area contributed by atoms with Crippen molar-refractivity contribution in [3.8, 4) is 5.75 Å². The summed E-state index contributed by atoms with van der Waals surface area (Å²) in [5.74, 6) is 3.13. The number of ether oxygens (including phenoxy) is 2. The van der Waals surface area contributed by atoms with Gasteiger partial charge in [0.2, 0.25) is 0 Å². The Kier molecular flexibility index (Phi) is 6.83. The predicted molar refractivity (Wildman–Crippen MR) is 125 cm³/mol. The Morgan fingerprint density at radius 3 is 2.56 bits per heavy atom. The number of rotatable bonds is 7. The predicted octanol–water partition coefficient (Wildman–Crippen LogP) is 5.05. The standard InChI is InChI=1S/C27H35N2O3/c1-19(2)22-15-14-20(3)16-25(22)32-27(30)17-29-24-13-9-8-12-23(24)28(4)26(29)18-31-21-10-6-5-7-11-21/h5-13,19-20,22,25H,14-18H2,1-4H3/q+1/t20-,22+,25+/m0/s1. The summed E-state index contributed by atoms with van der Waals surface area (Å²) in [6, 6.07) is 17.9. The zero-order valence-corrected chi connectivity index (χ0v) is 19.7. The van der Waals surface area contributed by atoms with Gasteiger partial charge in [0.25, 0.3) is 5.82 Å². The van der Waals surface area contributed by atoms with Crippen molar-refractivity contribution in [2.75, 3.05) is 0 Å². The number of para-hydroxylation sites is 3. The molecule has 1 saturated carbocycles. The Balaban J connectivity index is 1.56. The minimum atomic E-state index is -0.169. The van der Waals surface area contributed by atoms with Crippen LogP contribution >= 0.6 is 0 Å². The Morgan fingerprint density at radius 1 is 1.09 bits per heavy atom. The molecule has 0 spiro atoms. The molecule has 0 unspecified atom stereocenters. The fourth-order valence-electron chi connectivity index (χ4n) is 5.04. The largest absolute Gasteiger partial charge is 0.481 e. The third kappa shape index (κ3) is 4.82. The van der Waals surface area contributed by atoms with Crippen LogP contribution in [-0.4, -0.2) is 16.6 Å². The second-order valence-electron chi connectivity index (χ2n) is 9.51. The van der Waals surface area contributed by atoms with Gasteiger partial charge in [-0.3, -0.25) is 0 Å². The molecule has 0 aliphatic heterocycles. The molecule has 0 saturated heterocycles. The highest BCUT2D eigenvalue weighted by Crippen LogP contribution is 2.35. The first-order valence-electron chi connectivity index (χ1n) is 11.8. The van der Waals surface area contributed by atoms with E-state index >= 15 is 0 Å². The minimum Gasteiger partial charge on any atom is -0.481 e. The number of benzene rings is 2. The normalized spacial score (nSPS) is 21.1. The number of hydrogen-bond donors (Lipinski definition) is 0. The van der Waals surface area contributed by atoms with Crippen LogP contribution in [0.2, 0.25) is 0 Å². The van der Waals surface area contributed by atoms with Crippen molar-refractivity contribution in [1.29, 1.82) is 0 Å². The fourth-order valence-corrected chi connectivity index (χ4v) is 5.04. The van der Waals surface area contributed by atoms with E-state index in [0.29, 0.717) is 24.4 Å². The summed E-state index contributed by atoms with van der Waals surface area (Å²) in [5, 5.41) is 0. The van der Waals surface area contributed by atoms with Crippen LogP contribution in [0.25, 0.3) is 11.0 Å². The number of esters is 1. The van der Waals surface area contributed by atoms with Gasteiger partial charge in [-0.25, -0.2) is 13.9 Å². The molecule has 4 rings (SSSR count). The number of carbonyl (C=O) groups excluding carboxylic acids is 1. The van der Waals surface area contributed by atoms with Gasteiger partial charge < -0.3 is 9.47 Å². The number of aryl methyl sites for hydroxylation is 1. The van der Waals surface area contributed by atoms with Crippen LogP contribution in [0.15, 0.2) is 54.6 Å². The first-order valence-corrected chi connectivity index (χ1v) is 11.8. The second-order valence-corrected chi connectivity index (χ2v) is 9.51. The number of hydrogen-bond acceptors (Lipinski definition) is 3. The first-order chi connectivity index (χ1) is 15.4. The Hall–Kier alpha value is -2.82. The third-order valence-electron chi connectivity index (χ3n) is 6.88. The van der Waals surface area contributed by atoms with Gasteiger partial charge in [-0.2, -0.15) is 0 Å². The van der Waals surface area contributed by atoms with E-state index in [4.69, 9.17) is 9.47 Å². The minimum absolute atomic E-state index is 0.00541. The van der Waals surface area contributed by atoms with Crippen molar-refractivity contribution < 1.29 is 18.8 Å². The maximum absolute atomic E-state index is 13.1. The summed E-state index contributed by atoms with van der Waals surface area (Å²) >= 11 is 0. The van der Waals surface area contributed by atoms with Gasteiger partial charge in [0.05, 0.1) is 7.05 Å². The first kappa shape index (κ1) is 22.4. The molecule has 3 aromatic rings. The number of imidazole rings is 1. The maximum Gasteiger partial charge on any atom is 0.348 e. The molecule has 1 heterocycles. The topological polar surface area (TPSA) is 44.3 Å². The number of fused-ring (bicyclic) bond motifs is 1. The van der Waals surface area contributed by atoms with Crippen LogP contribution in [0, 0.1) is 17.8 Å². The lowest BCUT2D eigenvalue weighted by molar-refractivity contribution is -0.655. The SMILES string of the molecule is CC(C)[C@H]1CC[C@H](C)C[C@H]1OC(=O)Cn1c(COc2ccccc2)[n+](C)c2ccccc21. The van der Waals surface area contributed by atoms with Crippen LogP contribution < -0.4 is 9.30 Å². The summed E-state index contributed by atoms with van der Waals surface area (Å²) < 4.78 is 16.3. The highest BCUT2D eigenvalue weighted by Gasteiger charge is 2.34. The summed E-state index contributed by atoms with van der Waals surface area (Å²) in [6.07, 6.45) is 3.31. The van der Waals surface area contributed by atoms with E-state index in [1.807, 2.05) is 60.1 Å². The van der Waals surface area contributed by atoms with Crippen LogP contribution in [0.3, 0.4) is 0 Å². The molecule has 3 atom stereocenters. The van der Waals surface area contributed by atoms with E-state index < -0.39 is 0 Å². The quantitative estimate of drug-likeness (QED) is 0.385. The van der Waals surface area contributed by atoms with Crippen molar-refractivity contribution in [2.45, 2.75) is 59.3 Å². The fraction of sp³-hybridized carbons (Fsp3) is 0.481. The van der Waals surface area contributed by atoms with Crippen molar-refractivity contribution in [1.82, 2.24) is 4.57 Å². The molecule has 0 N–H and O–H groups in total. The molecule has 1 aromatic heterocycles. The summed E-state index contributed by atoms with van der Waals surface area (Å²) in [6.45, 7) is 7.29. The van der Waals surface area contributed by atoms with E-state index in [-0.39, 0.29) is 18.6 Å². The molecular formula is C27H35N2O3+. The Bertz CT molecular complexity index is 1060. The highest BCUT2D eigenvalue weighted by atomic mass is 16.5. The van der Waals surface area contributed by atoms with Gasteiger partial charge in [0.1, 0.15) is 11.9 Å². The second kappa shape index (κ2) is 9.76. The molecule has 170 valence electrons. The molecule has 0 bridgehead atoms. The number of nitrogens with zero attached hydrogens (tertiary/aromatic N) is 2. The molecular weight excluding hydrogens is 400 g/mol. The summed E-state index contributed by atoms with van der Waals surface area (Å²) in [4.78, 5) is 13.1. The van der Waals surface area contributed by atoms with Crippen LogP contribution in [-0.2, 0) is 29.7 Å². The maximum atomic E-state index is 13.1. The van der Waals surface area contributed by atoms with Crippen molar-refractivity contribution in [3.05, 3.63) is 60.4 Å². The van der Waals surface area contributed by atoms with Crippen molar-refractivity contribution in [3.63, 3.8) is 0 Å². The number of carbonyl (C=O) groups is 1. The van der Waals surface area contributed by atoms with Gasteiger partial charge in [-0.15, -0.1) is 0 Å². The van der Waals surface area contributed by atoms with Gasteiger partial charge in [-0.1, -0.05) is 57.5 Å². The Morgan fingerprint density at radius 2 is 1.81 bits per heavy atom. The molecule has 1 fully saturated rings. The molecule has 5 heteroatoms. The zero-order chi connectivity index (χ0) is 22.7. The molecule has 32 heavy (non-hydrogen) atoms. The van der Waals surface area contributed by atoms with Crippen molar-refractivity contribution >= 4 is 17.0 Å². The van der Waals surface area contributed by atoms with Gasteiger partial charge in [0.15, 0.2) is 24.2 Å². The van der Waals surface area contributed by atoms with Gasteiger partial charge in [0, 0.05) is 0 Å². The van der Waals surface area contributed by atoms with Crippen LogP contribution in [0.4, 0.5) is 0 Å². The third-order valence-corrected chi connectivity index (χ3v) is 6.88. The van der Waals surface area contributed by atoms with E-state index in [2.05, 4.69) is 31.4 Å². The molecule has 0 radical (unpaired) electrons. The molecule has 1 aliphatic rings. The molecule has 5 nitrogen and oxygen atoms in total. The lowest BCUT2D eigenvalue weighted by Crippen LogP contribution is -2.37. The highest BCUT2D eigenvalue weighted by molar-refractivity contribution is 5.76. The van der Waals surface area contributed by atoms with Crippen LogP contribution in [0.1, 0.15) is 45.9 Å². The van der Waals surface area contributed by atoms with E-state index in [1.54, 1.807) is 0 Å². The Labute approximate surface area is 191 Å².